The van der Waals surface area contributed by atoms with E-state index in [0.717, 1.165) is 18.9 Å². The molecular formula is C15H21N3. The average molecular weight is 243 g/mol. The summed E-state index contributed by atoms with van der Waals surface area (Å²) in [7, 11) is 0. The summed E-state index contributed by atoms with van der Waals surface area (Å²) < 4.78 is 2.19. The normalized spacial score (nSPS) is 11.7. The zero-order chi connectivity index (χ0) is 13.0. The molecule has 0 bridgehead atoms. The SMILES string of the molecule is CC(C)(C)NCc1nccn1Cc1ccccc1. The van der Waals surface area contributed by atoms with Gasteiger partial charge in [0, 0.05) is 24.5 Å². The van der Waals surface area contributed by atoms with Crippen molar-refractivity contribution in [2.45, 2.75) is 39.4 Å². The molecule has 0 saturated heterocycles. The Labute approximate surface area is 109 Å². The van der Waals surface area contributed by atoms with E-state index in [1.54, 1.807) is 0 Å². The van der Waals surface area contributed by atoms with Crippen molar-refractivity contribution in [3.63, 3.8) is 0 Å². The summed E-state index contributed by atoms with van der Waals surface area (Å²) in [4.78, 5) is 4.42. The van der Waals surface area contributed by atoms with Crippen LogP contribution in [0.4, 0.5) is 0 Å². The molecule has 0 aliphatic rings. The van der Waals surface area contributed by atoms with Crippen molar-refractivity contribution in [2.24, 2.45) is 0 Å². The second-order valence-corrected chi connectivity index (χ2v) is 5.56. The Balaban J connectivity index is 2.04. The van der Waals surface area contributed by atoms with Crippen LogP contribution in [0.25, 0.3) is 0 Å². The van der Waals surface area contributed by atoms with Gasteiger partial charge in [0.25, 0.3) is 0 Å². The molecule has 0 spiro atoms. The molecule has 1 aromatic heterocycles. The Hall–Kier alpha value is -1.61. The van der Waals surface area contributed by atoms with Gasteiger partial charge in [-0.3, -0.25) is 0 Å². The van der Waals surface area contributed by atoms with Gasteiger partial charge in [-0.05, 0) is 26.3 Å². The molecule has 0 amide bonds. The maximum absolute atomic E-state index is 4.42. The Morgan fingerprint density at radius 3 is 2.56 bits per heavy atom. The quantitative estimate of drug-likeness (QED) is 0.895. The van der Waals surface area contributed by atoms with Crippen molar-refractivity contribution >= 4 is 0 Å². The molecule has 1 aromatic carbocycles. The highest BCUT2D eigenvalue weighted by atomic mass is 15.1. The number of hydrogen-bond acceptors (Lipinski definition) is 2. The minimum absolute atomic E-state index is 0.115. The maximum atomic E-state index is 4.42. The zero-order valence-corrected chi connectivity index (χ0v) is 11.4. The number of imidazole rings is 1. The fourth-order valence-corrected chi connectivity index (χ4v) is 1.78. The van der Waals surface area contributed by atoms with E-state index in [9.17, 15) is 0 Å². The van der Waals surface area contributed by atoms with E-state index in [1.165, 1.54) is 5.56 Å². The molecule has 0 aliphatic heterocycles. The van der Waals surface area contributed by atoms with Crippen LogP contribution in [0.5, 0.6) is 0 Å². The number of benzene rings is 1. The lowest BCUT2D eigenvalue weighted by molar-refractivity contribution is 0.413. The molecule has 1 heterocycles. The van der Waals surface area contributed by atoms with Crippen LogP contribution in [-0.2, 0) is 13.1 Å². The van der Waals surface area contributed by atoms with Crippen molar-refractivity contribution in [2.75, 3.05) is 0 Å². The Bertz CT molecular complexity index is 480. The molecular weight excluding hydrogens is 222 g/mol. The first-order valence-electron chi connectivity index (χ1n) is 6.33. The first-order chi connectivity index (χ1) is 8.54. The van der Waals surface area contributed by atoms with E-state index in [-0.39, 0.29) is 5.54 Å². The number of aromatic nitrogens is 2. The first kappa shape index (κ1) is 12.8. The van der Waals surface area contributed by atoms with Gasteiger partial charge in [0.05, 0.1) is 6.54 Å². The summed E-state index contributed by atoms with van der Waals surface area (Å²) in [5, 5.41) is 3.47. The lowest BCUT2D eigenvalue weighted by Gasteiger charge is -2.20. The number of hydrogen-bond donors (Lipinski definition) is 1. The summed E-state index contributed by atoms with van der Waals surface area (Å²) in [6.45, 7) is 8.16. The van der Waals surface area contributed by atoms with E-state index >= 15 is 0 Å². The average Bonchev–Trinajstić information content (AvgIpc) is 2.74. The highest BCUT2D eigenvalue weighted by molar-refractivity contribution is 5.15. The van der Waals surface area contributed by atoms with E-state index < -0.39 is 0 Å². The Kier molecular flexibility index (Phi) is 3.82. The zero-order valence-electron chi connectivity index (χ0n) is 11.4. The van der Waals surface area contributed by atoms with Crippen LogP contribution in [0, 0.1) is 0 Å². The molecule has 0 fully saturated rings. The van der Waals surface area contributed by atoms with Crippen LogP contribution in [-0.4, -0.2) is 15.1 Å². The molecule has 96 valence electrons. The highest BCUT2D eigenvalue weighted by Gasteiger charge is 2.10. The molecule has 0 saturated carbocycles. The summed E-state index contributed by atoms with van der Waals surface area (Å²) in [5.41, 5.74) is 1.41. The molecule has 0 unspecified atom stereocenters. The van der Waals surface area contributed by atoms with Crippen LogP contribution in [0.3, 0.4) is 0 Å². The monoisotopic (exact) mass is 243 g/mol. The first-order valence-corrected chi connectivity index (χ1v) is 6.33. The fraction of sp³-hybridized carbons (Fsp3) is 0.400. The molecule has 3 nitrogen and oxygen atoms in total. The Morgan fingerprint density at radius 2 is 1.89 bits per heavy atom. The van der Waals surface area contributed by atoms with Gasteiger partial charge in [0.1, 0.15) is 5.82 Å². The summed E-state index contributed by atoms with van der Waals surface area (Å²) in [6.07, 6.45) is 3.90. The smallest absolute Gasteiger partial charge is 0.122 e. The van der Waals surface area contributed by atoms with Gasteiger partial charge in [-0.2, -0.15) is 0 Å². The number of rotatable bonds is 4. The third-order valence-electron chi connectivity index (χ3n) is 2.77. The van der Waals surface area contributed by atoms with Crippen LogP contribution in [0.1, 0.15) is 32.2 Å². The van der Waals surface area contributed by atoms with Gasteiger partial charge in [-0.15, -0.1) is 0 Å². The lowest BCUT2D eigenvalue weighted by Crippen LogP contribution is -2.35. The van der Waals surface area contributed by atoms with Crippen molar-refractivity contribution in [1.82, 2.24) is 14.9 Å². The van der Waals surface area contributed by atoms with Crippen LogP contribution < -0.4 is 5.32 Å². The standard InChI is InChI=1S/C15H21N3/c1-15(2,3)17-11-14-16-9-10-18(14)12-13-7-5-4-6-8-13/h4-10,17H,11-12H2,1-3H3. The lowest BCUT2D eigenvalue weighted by atomic mass is 10.1. The van der Waals surface area contributed by atoms with Crippen molar-refractivity contribution in [3.8, 4) is 0 Å². The Morgan fingerprint density at radius 1 is 1.17 bits per heavy atom. The molecule has 0 atom stereocenters. The predicted octanol–water partition coefficient (Wildman–Crippen LogP) is 2.82. The minimum atomic E-state index is 0.115. The second-order valence-electron chi connectivity index (χ2n) is 5.56. The van der Waals surface area contributed by atoms with Gasteiger partial charge in [0.2, 0.25) is 0 Å². The topological polar surface area (TPSA) is 29.9 Å². The van der Waals surface area contributed by atoms with Crippen LogP contribution in [0.2, 0.25) is 0 Å². The highest BCUT2D eigenvalue weighted by Crippen LogP contribution is 2.07. The second kappa shape index (κ2) is 5.36. The minimum Gasteiger partial charge on any atom is -0.329 e. The molecule has 18 heavy (non-hydrogen) atoms. The number of nitrogens with one attached hydrogen (secondary N) is 1. The van der Waals surface area contributed by atoms with E-state index in [0.29, 0.717) is 0 Å². The summed E-state index contributed by atoms with van der Waals surface area (Å²) in [6, 6.07) is 10.5. The largest absolute Gasteiger partial charge is 0.329 e. The molecule has 2 rings (SSSR count). The summed E-state index contributed by atoms with van der Waals surface area (Å²) in [5.74, 6) is 1.08. The predicted molar refractivity (Wildman–Crippen MR) is 74.4 cm³/mol. The van der Waals surface area contributed by atoms with Crippen molar-refractivity contribution < 1.29 is 0 Å². The van der Waals surface area contributed by atoms with Crippen LogP contribution in [0.15, 0.2) is 42.7 Å². The van der Waals surface area contributed by atoms with Gasteiger partial charge < -0.3 is 9.88 Å². The van der Waals surface area contributed by atoms with Gasteiger partial charge in [0.15, 0.2) is 0 Å². The van der Waals surface area contributed by atoms with Crippen molar-refractivity contribution in [3.05, 3.63) is 54.1 Å². The fourth-order valence-electron chi connectivity index (χ4n) is 1.78. The molecule has 0 aliphatic carbocycles. The van der Waals surface area contributed by atoms with Crippen LogP contribution >= 0.6 is 0 Å². The summed E-state index contributed by atoms with van der Waals surface area (Å²) >= 11 is 0. The molecule has 0 radical (unpaired) electrons. The van der Waals surface area contributed by atoms with E-state index in [4.69, 9.17) is 0 Å². The van der Waals surface area contributed by atoms with E-state index in [2.05, 4.69) is 59.9 Å². The van der Waals surface area contributed by atoms with E-state index in [1.807, 2.05) is 18.5 Å². The van der Waals surface area contributed by atoms with Gasteiger partial charge in [-0.25, -0.2) is 4.98 Å². The van der Waals surface area contributed by atoms with Gasteiger partial charge in [-0.1, -0.05) is 30.3 Å². The number of nitrogens with zero attached hydrogens (tertiary/aromatic N) is 2. The molecule has 2 aromatic rings. The third-order valence-corrected chi connectivity index (χ3v) is 2.77. The molecule has 1 N–H and O–H groups in total. The van der Waals surface area contributed by atoms with Gasteiger partial charge >= 0.3 is 0 Å². The van der Waals surface area contributed by atoms with Crippen molar-refractivity contribution in [1.29, 1.82) is 0 Å². The third kappa shape index (κ3) is 3.70. The molecule has 3 heteroatoms. The maximum Gasteiger partial charge on any atom is 0.122 e.